The summed E-state index contributed by atoms with van der Waals surface area (Å²) in [6, 6.07) is 11.6. The van der Waals surface area contributed by atoms with Crippen LogP contribution in [0.4, 0.5) is 0 Å². The van der Waals surface area contributed by atoms with Gasteiger partial charge in [-0.1, -0.05) is 56.5 Å². The molecule has 116 valence electrons. The fourth-order valence-corrected chi connectivity index (χ4v) is 4.58. The zero-order valence-corrected chi connectivity index (χ0v) is 13.5. The van der Waals surface area contributed by atoms with E-state index in [1.807, 2.05) is 0 Å². The summed E-state index contributed by atoms with van der Waals surface area (Å²) in [5, 5.41) is 3.84. The minimum absolute atomic E-state index is 0.359. The molecule has 1 heterocycles. The highest BCUT2D eigenvalue weighted by Gasteiger charge is 2.46. The van der Waals surface area contributed by atoms with Crippen molar-refractivity contribution in [2.75, 3.05) is 19.6 Å². The number of nitrogens with one attached hydrogen (secondary N) is 1. The number of nitrogens with zero attached hydrogens (tertiary/aromatic N) is 1. The standard InChI is InChI=1S/C19H30N2/c1-2-20-18(17-11-5-3-6-12-17)19(13-7-8-14-19)21-15-9-4-10-16-21/h3,5-6,11-12,18,20H,2,4,7-10,13-16H2,1H3. The van der Waals surface area contributed by atoms with Crippen LogP contribution in [0.3, 0.4) is 0 Å². The van der Waals surface area contributed by atoms with Crippen LogP contribution in [0.1, 0.15) is 63.5 Å². The van der Waals surface area contributed by atoms with E-state index < -0.39 is 0 Å². The summed E-state index contributed by atoms with van der Waals surface area (Å²) in [5.41, 5.74) is 1.84. The Morgan fingerprint density at radius 2 is 1.67 bits per heavy atom. The first-order valence-corrected chi connectivity index (χ1v) is 8.90. The number of hydrogen-bond acceptors (Lipinski definition) is 2. The van der Waals surface area contributed by atoms with Crippen molar-refractivity contribution in [1.29, 1.82) is 0 Å². The number of piperidine rings is 1. The quantitative estimate of drug-likeness (QED) is 0.875. The summed E-state index contributed by atoms with van der Waals surface area (Å²) in [6.07, 6.45) is 9.70. The first-order chi connectivity index (χ1) is 10.4. The first-order valence-electron chi connectivity index (χ1n) is 8.90. The van der Waals surface area contributed by atoms with Crippen LogP contribution in [0.25, 0.3) is 0 Å². The third-order valence-electron chi connectivity index (χ3n) is 5.53. The Hall–Kier alpha value is -0.860. The van der Waals surface area contributed by atoms with Crippen LogP contribution in [0, 0.1) is 0 Å². The zero-order chi connectivity index (χ0) is 14.5. The second-order valence-electron chi connectivity index (χ2n) is 6.76. The van der Waals surface area contributed by atoms with E-state index >= 15 is 0 Å². The molecule has 2 heteroatoms. The molecule has 2 aliphatic rings. The topological polar surface area (TPSA) is 15.3 Å². The molecule has 1 aliphatic carbocycles. The SMILES string of the molecule is CCNC(c1ccccc1)C1(N2CCCCC2)CCCC1. The predicted octanol–water partition coefficient (Wildman–Crippen LogP) is 4.14. The van der Waals surface area contributed by atoms with E-state index in [2.05, 4.69) is 47.5 Å². The molecule has 2 fully saturated rings. The molecule has 1 unspecified atom stereocenters. The lowest BCUT2D eigenvalue weighted by Crippen LogP contribution is -2.56. The average Bonchev–Trinajstić information content (AvgIpc) is 3.05. The molecule has 0 aromatic heterocycles. The molecule has 1 aromatic carbocycles. The zero-order valence-electron chi connectivity index (χ0n) is 13.5. The van der Waals surface area contributed by atoms with Gasteiger partial charge >= 0.3 is 0 Å². The molecule has 2 nitrogen and oxygen atoms in total. The van der Waals surface area contributed by atoms with E-state index in [0.717, 1.165) is 6.54 Å². The lowest BCUT2D eigenvalue weighted by atomic mass is 9.80. The normalized spacial score (nSPS) is 24.0. The van der Waals surface area contributed by atoms with Crippen LogP contribution in [0.2, 0.25) is 0 Å². The average molecular weight is 286 g/mol. The number of benzene rings is 1. The van der Waals surface area contributed by atoms with Gasteiger partial charge in [-0.05, 0) is 50.9 Å². The molecule has 0 radical (unpaired) electrons. The van der Waals surface area contributed by atoms with Gasteiger partial charge in [0.15, 0.2) is 0 Å². The van der Waals surface area contributed by atoms with E-state index in [4.69, 9.17) is 0 Å². The van der Waals surface area contributed by atoms with Gasteiger partial charge in [0.2, 0.25) is 0 Å². The second-order valence-corrected chi connectivity index (χ2v) is 6.76. The van der Waals surface area contributed by atoms with Crippen molar-refractivity contribution in [3.8, 4) is 0 Å². The Kier molecular flexibility index (Phi) is 4.97. The van der Waals surface area contributed by atoms with E-state index in [1.54, 1.807) is 0 Å². The fourth-order valence-electron chi connectivity index (χ4n) is 4.58. The Morgan fingerprint density at radius 1 is 1.00 bits per heavy atom. The van der Waals surface area contributed by atoms with E-state index in [0.29, 0.717) is 11.6 Å². The molecule has 1 aromatic rings. The van der Waals surface area contributed by atoms with Crippen molar-refractivity contribution in [1.82, 2.24) is 10.2 Å². The van der Waals surface area contributed by atoms with Crippen molar-refractivity contribution in [3.05, 3.63) is 35.9 Å². The number of rotatable bonds is 5. The van der Waals surface area contributed by atoms with Gasteiger partial charge in [0, 0.05) is 5.54 Å². The highest BCUT2D eigenvalue weighted by molar-refractivity contribution is 5.24. The predicted molar refractivity (Wildman–Crippen MR) is 89.5 cm³/mol. The van der Waals surface area contributed by atoms with Gasteiger partial charge in [0.25, 0.3) is 0 Å². The van der Waals surface area contributed by atoms with Gasteiger partial charge in [-0.3, -0.25) is 4.90 Å². The molecule has 1 atom stereocenters. The van der Waals surface area contributed by atoms with Gasteiger partial charge < -0.3 is 5.32 Å². The molecule has 1 saturated heterocycles. The second kappa shape index (κ2) is 6.93. The largest absolute Gasteiger partial charge is 0.309 e. The van der Waals surface area contributed by atoms with Crippen LogP contribution in [0.15, 0.2) is 30.3 Å². The minimum atomic E-state index is 0.359. The Bertz CT molecular complexity index is 416. The maximum absolute atomic E-state index is 3.84. The van der Waals surface area contributed by atoms with Crippen LogP contribution >= 0.6 is 0 Å². The van der Waals surface area contributed by atoms with Crippen LogP contribution in [-0.2, 0) is 0 Å². The smallest absolute Gasteiger partial charge is 0.0507 e. The number of likely N-dealkylation sites (N-methyl/N-ethyl adjacent to an activating group) is 1. The van der Waals surface area contributed by atoms with E-state index in [1.165, 1.54) is 63.6 Å². The Labute approximate surface area is 129 Å². The molecule has 1 N–H and O–H groups in total. The highest BCUT2D eigenvalue weighted by atomic mass is 15.2. The summed E-state index contributed by atoms with van der Waals surface area (Å²) in [7, 11) is 0. The first kappa shape index (κ1) is 15.1. The number of likely N-dealkylation sites (tertiary alicyclic amines) is 1. The van der Waals surface area contributed by atoms with E-state index in [9.17, 15) is 0 Å². The van der Waals surface area contributed by atoms with Gasteiger partial charge in [-0.15, -0.1) is 0 Å². The summed E-state index contributed by atoms with van der Waals surface area (Å²) < 4.78 is 0. The maximum Gasteiger partial charge on any atom is 0.0507 e. The lowest BCUT2D eigenvalue weighted by molar-refractivity contribution is 0.0365. The molecule has 3 rings (SSSR count). The van der Waals surface area contributed by atoms with Gasteiger partial charge in [-0.2, -0.15) is 0 Å². The molecule has 0 amide bonds. The van der Waals surface area contributed by atoms with Crippen molar-refractivity contribution in [3.63, 3.8) is 0 Å². The van der Waals surface area contributed by atoms with Gasteiger partial charge in [0.1, 0.15) is 0 Å². The molecule has 0 bridgehead atoms. The maximum atomic E-state index is 3.84. The molecule has 1 saturated carbocycles. The molecule has 21 heavy (non-hydrogen) atoms. The van der Waals surface area contributed by atoms with E-state index in [-0.39, 0.29) is 0 Å². The summed E-state index contributed by atoms with van der Waals surface area (Å²) >= 11 is 0. The third kappa shape index (κ3) is 3.02. The van der Waals surface area contributed by atoms with Crippen molar-refractivity contribution >= 4 is 0 Å². The van der Waals surface area contributed by atoms with Crippen molar-refractivity contribution in [2.45, 2.75) is 63.5 Å². The monoisotopic (exact) mass is 286 g/mol. The minimum Gasteiger partial charge on any atom is -0.309 e. The molecule has 1 aliphatic heterocycles. The van der Waals surface area contributed by atoms with Crippen LogP contribution in [-0.4, -0.2) is 30.1 Å². The third-order valence-corrected chi connectivity index (χ3v) is 5.53. The lowest BCUT2D eigenvalue weighted by Gasteiger charge is -2.49. The summed E-state index contributed by atoms with van der Waals surface area (Å²) in [5.74, 6) is 0. The fraction of sp³-hybridized carbons (Fsp3) is 0.684. The summed E-state index contributed by atoms with van der Waals surface area (Å²) in [6.45, 7) is 5.90. The van der Waals surface area contributed by atoms with Crippen LogP contribution in [0.5, 0.6) is 0 Å². The Morgan fingerprint density at radius 3 is 2.29 bits per heavy atom. The van der Waals surface area contributed by atoms with Gasteiger partial charge in [0.05, 0.1) is 6.04 Å². The highest BCUT2D eigenvalue weighted by Crippen LogP contribution is 2.45. The van der Waals surface area contributed by atoms with Crippen molar-refractivity contribution < 1.29 is 0 Å². The van der Waals surface area contributed by atoms with Crippen LogP contribution < -0.4 is 5.32 Å². The van der Waals surface area contributed by atoms with Crippen molar-refractivity contribution in [2.24, 2.45) is 0 Å². The molecular formula is C19H30N2. The summed E-state index contributed by atoms with van der Waals surface area (Å²) in [4.78, 5) is 2.84. The molecular weight excluding hydrogens is 256 g/mol. The Balaban J connectivity index is 1.92. The number of hydrogen-bond donors (Lipinski definition) is 1. The van der Waals surface area contributed by atoms with Gasteiger partial charge in [-0.25, -0.2) is 0 Å². The molecule has 0 spiro atoms.